The highest BCUT2D eigenvalue weighted by atomic mass is 79.9. The van der Waals surface area contributed by atoms with Gasteiger partial charge in [-0.25, -0.2) is 4.98 Å². The van der Waals surface area contributed by atoms with Crippen LogP contribution in [-0.4, -0.2) is 39.2 Å². The molecule has 0 saturated heterocycles. The molecule has 0 fully saturated rings. The van der Waals surface area contributed by atoms with Crippen molar-refractivity contribution in [3.05, 3.63) is 39.1 Å². The van der Waals surface area contributed by atoms with Crippen LogP contribution < -0.4 is 15.0 Å². The highest BCUT2D eigenvalue weighted by molar-refractivity contribution is 9.10. The molecule has 22 heavy (non-hydrogen) atoms. The highest BCUT2D eigenvalue weighted by Gasteiger charge is 2.11. The van der Waals surface area contributed by atoms with Gasteiger partial charge in [-0.2, -0.15) is 9.90 Å². The molecule has 8 nitrogen and oxygen atoms in total. The van der Waals surface area contributed by atoms with Gasteiger partial charge in [-0.05, 0) is 22.0 Å². The van der Waals surface area contributed by atoms with Gasteiger partial charge in [0, 0.05) is 6.07 Å². The largest absolute Gasteiger partial charge is 0.493 e. The third kappa shape index (κ3) is 2.67. The van der Waals surface area contributed by atoms with Gasteiger partial charge in [-0.15, -0.1) is 5.10 Å². The number of fused-ring (bicyclic) bond motifs is 1. The second kappa shape index (κ2) is 5.76. The van der Waals surface area contributed by atoms with Crippen molar-refractivity contribution in [3.8, 4) is 11.5 Å². The minimum atomic E-state index is -0.257. The molecular weight excluding hydrogens is 354 g/mol. The first kappa shape index (κ1) is 14.5. The van der Waals surface area contributed by atoms with Gasteiger partial charge in [0.15, 0.2) is 11.5 Å². The lowest BCUT2D eigenvalue weighted by Gasteiger charge is -2.09. The molecule has 114 valence electrons. The van der Waals surface area contributed by atoms with Crippen molar-refractivity contribution in [3.63, 3.8) is 0 Å². The fourth-order valence-electron chi connectivity index (χ4n) is 2.08. The number of halogens is 1. The molecule has 0 bridgehead atoms. The lowest BCUT2D eigenvalue weighted by molar-refractivity contribution is 0.355. The van der Waals surface area contributed by atoms with Gasteiger partial charge >= 0.3 is 0 Å². The molecule has 3 aromatic rings. The number of aromatic nitrogens is 5. The molecule has 0 aliphatic heterocycles. The first-order valence-corrected chi connectivity index (χ1v) is 7.10. The van der Waals surface area contributed by atoms with E-state index in [0.717, 1.165) is 0 Å². The molecule has 0 atom stereocenters. The van der Waals surface area contributed by atoms with Crippen LogP contribution >= 0.6 is 15.9 Å². The minimum absolute atomic E-state index is 0.255. The molecule has 9 heteroatoms. The van der Waals surface area contributed by atoms with E-state index < -0.39 is 0 Å². The molecule has 0 spiro atoms. The lowest BCUT2D eigenvalue weighted by atomic mass is 10.2. The Labute approximate surface area is 133 Å². The summed E-state index contributed by atoms with van der Waals surface area (Å²) >= 11 is 3.22. The summed E-state index contributed by atoms with van der Waals surface area (Å²) in [5.74, 6) is 1.44. The fourth-order valence-corrected chi connectivity index (χ4v) is 2.35. The van der Waals surface area contributed by atoms with Crippen LogP contribution in [0.1, 0.15) is 5.82 Å². The zero-order valence-corrected chi connectivity index (χ0v) is 13.4. The van der Waals surface area contributed by atoms with Gasteiger partial charge in [0.1, 0.15) is 17.0 Å². The molecule has 2 heterocycles. The standard InChI is InChI=1S/C13H12BrN5O3/c1-21-9-3-7-8(4-10(9)22-2)16-12(17-13(7)20)6-19-15-5-11(14)18-19/h3-5H,6H2,1-2H3,(H,16,17,20). The molecule has 3 rings (SSSR count). The van der Waals surface area contributed by atoms with Crippen molar-refractivity contribution in [2.45, 2.75) is 6.54 Å². The summed E-state index contributed by atoms with van der Waals surface area (Å²) in [6, 6.07) is 3.27. The number of ether oxygens (including phenoxy) is 2. The molecule has 0 saturated carbocycles. The number of nitrogens with zero attached hydrogens (tertiary/aromatic N) is 4. The molecule has 0 aliphatic carbocycles. The summed E-state index contributed by atoms with van der Waals surface area (Å²) < 4.78 is 11.0. The Morgan fingerprint density at radius 2 is 2.00 bits per heavy atom. The van der Waals surface area contributed by atoms with E-state index in [1.807, 2.05) is 0 Å². The Bertz CT molecular complexity index is 889. The predicted molar refractivity (Wildman–Crippen MR) is 82.3 cm³/mol. The molecule has 0 amide bonds. The maximum Gasteiger partial charge on any atom is 0.258 e. The van der Waals surface area contributed by atoms with Crippen LogP contribution in [-0.2, 0) is 6.54 Å². The van der Waals surface area contributed by atoms with E-state index in [9.17, 15) is 4.79 Å². The van der Waals surface area contributed by atoms with Crippen molar-refractivity contribution in [1.82, 2.24) is 25.0 Å². The topological polar surface area (TPSA) is 94.9 Å². The molecule has 1 aromatic carbocycles. The maximum atomic E-state index is 12.2. The Morgan fingerprint density at radius 1 is 1.27 bits per heavy atom. The normalized spacial score (nSPS) is 10.9. The SMILES string of the molecule is COc1cc2nc(Cn3ncc(Br)n3)[nH]c(=O)c2cc1OC. The van der Waals surface area contributed by atoms with E-state index in [2.05, 4.69) is 36.1 Å². The van der Waals surface area contributed by atoms with Gasteiger partial charge < -0.3 is 14.5 Å². The van der Waals surface area contributed by atoms with Crippen molar-refractivity contribution < 1.29 is 9.47 Å². The van der Waals surface area contributed by atoms with Crippen LogP contribution in [0.15, 0.2) is 27.7 Å². The van der Waals surface area contributed by atoms with E-state index in [4.69, 9.17) is 9.47 Å². The predicted octanol–water partition coefficient (Wildman–Crippen LogP) is 1.34. The molecule has 2 aromatic heterocycles. The average Bonchev–Trinajstić information content (AvgIpc) is 2.91. The Hall–Kier alpha value is -2.42. The first-order valence-electron chi connectivity index (χ1n) is 6.31. The number of aromatic amines is 1. The Morgan fingerprint density at radius 3 is 2.64 bits per heavy atom. The number of nitrogens with one attached hydrogen (secondary N) is 1. The molecule has 1 N–H and O–H groups in total. The van der Waals surface area contributed by atoms with E-state index in [-0.39, 0.29) is 12.1 Å². The van der Waals surface area contributed by atoms with Crippen LogP contribution in [0.3, 0.4) is 0 Å². The molecule has 0 unspecified atom stereocenters. The van der Waals surface area contributed by atoms with E-state index in [0.29, 0.717) is 32.8 Å². The smallest absolute Gasteiger partial charge is 0.258 e. The third-order valence-electron chi connectivity index (χ3n) is 3.06. The van der Waals surface area contributed by atoms with Crippen LogP contribution in [0.25, 0.3) is 10.9 Å². The number of rotatable bonds is 4. The van der Waals surface area contributed by atoms with Gasteiger partial charge in [0.2, 0.25) is 0 Å². The number of hydrogen-bond acceptors (Lipinski definition) is 6. The Balaban J connectivity index is 2.09. The number of methoxy groups -OCH3 is 2. The van der Waals surface area contributed by atoms with Crippen molar-refractivity contribution in [2.24, 2.45) is 0 Å². The highest BCUT2D eigenvalue weighted by Crippen LogP contribution is 2.29. The molecular formula is C13H12BrN5O3. The van der Waals surface area contributed by atoms with Crippen molar-refractivity contribution in [2.75, 3.05) is 14.2 Å². The monoisotopic (exact) mass is 365 g/mol. The average molecular weight is 366 g/mol. The quantitative estimate of drug-likeness (QED) is 0.749. The second-order valence-electron chi connectivity index (χ2n) is 4.43. The summed E-state index contributed by atoms with van der Waals surface area (Å²) in [6.07, 6.45) is 1.56. The van der Waals surface area contributed by atoms with Crippen molar-refractivity contribution in [1.29, 1.82) is 0 Å². The summed E-state index contributed by atoms with van der Waals surface area (Å²) in [5, 5.41) is 8.55. The molecule has 0 radical (unpaired) electrons. The summed E-state index contributed by atoms with van der Waals surface area (Å²) in [4.78, 5) is 20.8. The summed E-state index contributed by atoms with van der Waals surface area (Å²) in [7, 11) is 3.05. The number of benzene rings is 1. The number of hydrogen-bond donors (Lipinski definition) is 1. The minimum Gasteiger partial charge on any atom is -0.493 e. The van der Waals surface area contributed by atoms with Crippen LogP contribution in [0.5, 0.6) is 11.5 Å². The van der Waals surface area contributed by atoms with Gasteiger partial charge in [0.05, 0.1) is 31.3 Å². The van der Waals surface area contributed by atoms with Gasteiger partial charge in [-0.3, -0.25) is 4.79 Å². The fraction of sp³-hybridized carbons (Fsp3) is 0.231. The second-order valence-corrected chi connectivity index (χ2v) is 5.25. The zero-order chi connectivity index (χ0) is 15.7. The number of H-pyrrole nitrogens is 1. The van der Waals surface area contributed by atoms with Crippen LogP contribution in [0, 0.1) is 0 Å². The zero-order valence-electron chi connectivity index (χ0n) is 11.8. The van der Waals surface area contributed by atoms with Gasteiger partial charge in [0.25, 0.3) is 5.56 Å². The summed E-state index contributed by atoms with van der Waals surface area (Å²) in [5.41, 5.74) is 0.259. The Kier molecular flexibility index (Phi) is 3.80. The van der Waals surface area contributed by atoms with E-state index in [1.165, 1.54) is 19.0 Å². The lowest BCUT2D eigenvalue weighted by Crippen LogP contribution is -2.15. The van der Waals surface area contributed by atoms with E-state index >= 15 is 0 Å². The maximum absolute atomic E-state index is 12.2. The van der Waals surface area contributed by atoms with Crippen LogP contribution in [0.2, 0.25) is 0 Å². The first-order chi connectivity index (χ1) is 10.6. The van der Waals surface area contributed by atoms with Crippen LogP contribution in [0.4, 0.5) is 0 Å². The van der Waals surface area contributed by atoms with Crippen molar-refractivity contribution >= 4 is 26.8 Å². The molecule has 0 aliphatic rings. The summed E-state index contributed by atoms with van der Waals surface area (Å²) in [6.45, 7) is 0.255. The third-order valence-corrected chi connectivity index (χ3v) is 3.42. The van der Waals surface area contributed by atoms with E-state index in [1.54, 1.807) is 18.3 Å². The van der Waals surface area contributed by atoms with Gasteiger partial charge in [-0.1, -0.05) is 0 Å².